The molecule has 0 spiro atoms. The van der Waals surface area contributed by atoms with Crippen LogP contribution < -0.4 is 15.4 Å². The van der Waals surface area contributed by atoms with Gasteiger partial charge in [0.1, 0.15) is 5.75 Å². The van der Waals surface area contributed by atoms with Gasteiger partial charge < -0.3 is 20.1 Å². The van der Waals surface area contributed by atoms with Gasteiger partial charge in [-0.2, -0.15) is 0 Å². The number of carbonyl (C=O) groups excluding carboxylic acids is 1. The van der Waals surface area contributed by atoms with E-state index in [2.05, 4.69) is 26.6 Å². The van der Waals surface area contributed by atoms with Gasteiger partial charge in [-0.3, -0.25) is 0 Å². The van der Waals surface area contributed by atoms with Gasteiger partial charge in [0.25, 0.3) is 0 Å². The van der Waals surface area contributed by atoms with Crippen molar-refractivity contribution < 1.29 is 14.3 Å². The van der Waals surface area contributed by atoms with Crippen molar-refractivity contribution in [1.82, 2.24) is 10.6 Å². The van der Waals surface area contributed by atoms with Crippen LogP contribution in [0, 0.1) is 0 Å². The lowest BCUT2D eigenvalue weighted by Crippen LogP contribution is -2.45. The molecule has 7 heteroatoms. The number of rotatable bonds is 6. The summed E-state index contributed by atoms with van der Waals surface area (Å²) < 4.78 is 12.3. The Morgan fingerprint density at radius 2 is 1.93 bits per heavy atom. The summed E-state index contributed by atoms with van der Waals surface area (Å²) in [6.45, 7) is 5.99. The summed E-state index contributed by atoms with van der Waals surface area (Å²) >= 11 is 8.99. The van der Waals surface area contributed by atoms with Crippen LogP contribution in [0.3, 0.4) is 0 Å². The van der Waals surface area contributed by atoms with Gasteiger partial charge in [-0.05, 0) is 56.8 Å². The molecule has 1 heterocycles. The Kier molecular flexibility index (Phi) is 6.92. The van der Waals surface area contributed by atoms with Crippen LogP contribution in [0.2, 0.25) is 0 Å². The molecule has 1 atom stereocenters. The number of halogens is 1. The first-order valence-corrected chi connectivity index (χ1v) is 10.6. The van der Waals surface area contributed by atoms with Crippen LogP contribution in [0.4, 0.5) is 0 Å². The van der Waals surface area contributed by atoms with Crippen molar-refractivity contribution in [1.29, 1.82) is 0 Å². The zero-order valence-electron chi connectivity index (χ0n) is 16.5. The Labute approximate surface area is 184 Å². The summed E-state index contributed by atoms with van der Waals surface area (Å²) in [6.07, 6.45) is -0.0211. The molecule has 0 bridgehead atoms. The molecule has 0 fully saturated rings. The van der Waals surface area contributed by atoms with Crippen molar-refractivity contribution >= 4 is 44.9 Å². The second-order valence-corrected chi connectivity index (χ2v) is 8.08. The van der Waals surface area contributed by atoms with Crippen LogP contribution in [-0.4, -0.2) is 23.8 Å². The van der Waals surface area contributed by atoms with E-state index in [1.807, 2.05) is 62.4 Å². The predicted octanol–water partition coefficient (Wildman–Crippen LogP) is 4.73. The lowest BCUT2D eigenvalue weighted by atomic mass is 9.92. The monoisotopic (exact) mass is 474 g/mol. The van der Waals surface area contributed by atoms with Crippen molar-refractivity contribution in [2.75, 3.05) is 6.61 Å². The van der Waals surface area contributed by atoms with Crippen molar-refractivity contribution in [3.63, 3.8) is 0 Å². The molecule has 152 valence electrons. The molecule has 3 rings (SSSR count). The number of thiocarbonyl (C=S) groups is 1. The number of hydrogen-bond donors (Lipinski definition) is 2. The minimum atomic E-state index is -0.524. The van der Waals surface area contributed by atoms with Crippen LogP contribution >= 0.6 is 28.1 Å². The minimum Gasteiger partial charge on any atom is -0.491 e. The van der Waals surface area contributed by atoms with Crippen molar-refractivity contribution in [3.8, 4) is 5.75 Å². The van der Waals surface area contributed by atoms with Gasteiger partial charge in [-0.25, -0.2) is 4.79 Å². The summed E-state index contributed by atoms with van der Waals surface area (Å²) in [5, 5.41) is 6.79. The highest BCUT2D eigenvalue weighted by molar-refractivity contribution is 9.10. The van der Waals surface area contributed by atoms with E-state index in [9.17, 15) is 4.79 Å². The van der Waals surface area contributed by atoms with Gasteiger partial charge in [-0.1, -0.05) is 46.3 Å². The lowest BCUT2D eigenvalue weighted by molar-refractivity contribution is -0.138. The largest absolute Gasteiger partial charge is 0.491 e. The Morgan fingerprint density at radius 1 is 1.21 bits per heavy atom. The SMILES string of the molecule is CCOC(=O)C1=C(c2ccccc2)NC(=S)NC1c1cc(Br)ccc1OC(C)C. The molecule has 2 N–H and O–H groups in total. The highest BCUT2D eigenvalue weighted by Crippen LogP contribution is 2.38. The van der Waals surface area contributed by atoms with Crippen LogP contribution in [0.5, 0.6) is 5.75 Å². The first-order valence-electron chi connectivity index (χ1n) is 9.41. The molecule has 1 aliphatic heterocycles. The lowest BCUT2D eigenvalue weighted by Gasteiger charge is -2.32. The van der Waals surface area contributed by atoms with Gasteiger partial charge in [0, 0.05) is 10.0 Å². The molecule has 0 aliphatic carbocycles. The smallest absolute Gasteiger partial charge is 0.338 e. The molecule has 5 nitrogen and oxygen atoms in total. The maximum Gasteiger partial charge on any atom is 0.338 e. The molecule has 29 heavy (non-hydrogen) atoms. The van der Waals surface area contributed by atoms with Crippen molar-refractivity contribution in [2.24, 2.45) is 0 Å². The summed E-state index contributed by atoms with van der Waals surface area (Å²) in [5.41, 5.74) is 2.74. The summed E-state index contributed by atoms with van der Waals surface area (Å²) in [4.78, 5) is 13.0. The molecular weight excluding hydrogens is 452 g/mol. The molecule has 0 saturated carbocycles. The van der Waals surface area contributed by atoms with Crippen LogP contribution in [-0.2, 0) is 9.53 Å². The highest BCUT2D eigenvalue weighted by atomic mass is 79.9. The van der Waals surface area contributed by atoms with E-state index in [0.717, 1.165) is 15.6 Å². The summed E-state index contributed by atoms with van der Waals surface area (Å²) in [6, 6.07) is 14.8. The molecule has 0 aromatic heterocycles. The number of benzene rings is 2. The third-order valence-electron chi connectivity index (χ3n) is 4.28. The molecular formula is C22H23BrN2O3S. The quantitative estimate of drug-likeness (QED) is 0.466. The summed E-state index contributed by atoms with van der Waals surface area (Å²) in [5.74, 6) is 0.272. The van der Waals surface area contributed by atoms with E-state index < -0.39 is 12.0 Å². The number of ether oxygens (including phenoxy) is 2. The second kappa shape index (κ2) is 9.41. The average molecular weight is 475 g/mol. The van der Waals surface area contributed by atoms with E-state index in [-0.39, 0.29) is 12.7 Å². The highest BCUT2D eigenvalue weighted by Gasteiger charge is 2.35. The zero-order valence-corrected chi connectivity index (χ0v) is 18.9. The Bertz CT molecular complexity index is 944. The Balaban J connectivity index is 2.22. The third-order valence-corrected chi connectivity index (χ3v) is 4.99. The van der Waals surface area contributed by atoms with E-state index in [4.69, 9.17) is 21.7 Å². The third kappa shape index (κ3) is 4.97. The molecule has 0 saturated heterocycles. The van der Waals surface area contributed by atoms with E-state index in [0.29, 0.717) is 22.1 Å². The topological polar surface area (TPSA) is 59.6 Å². The maximum atomic E-state index is 13.0. The standard InChI is InChI=1S/C22H23BrN2O3S/c1-4-27-21(26)18-19(14-8-6-5-7-9-14)24-22(29)25-20(18)16-12-15(23)10-11-17(16)28-13(2)3/h5-13,20H,4H2,1-3H3,(H2,24,25,29). The van der Waals surface area contributed by atoms with Crippen LogP contribution in [0.15, 0.2) is 58.6 Å². The fourth-order valence-electron chi connectivity index (χ4n) is 3.17. The number of nitrogens with one attached hydrogen (secondary N) is 2. The van der Waals surface area contributed by atoms with Crippen LogP contribution in [0.1, 0.15) is 37.9 Å². The first-order chi connectivity index (χ1) is 13.9. The van der Waals surface area contributed by atoms with Gasteiger partial charge in [0.15, 0.2) is 5.11 Å². The Hall–Kier alpha value is -2.38. The number of esters is 1. The fourth-order valence-corrected chi connectivity index (χ4v) is 3.76. The average Bonchev–Trinajstić information content (AvgIpc) is 2.69. The molecule has 2 aromatic carbocycles. The van der Waals surface area contributed by atoms with Gasteiger partial charge >= 0.3 is 5.97 Å². The van der Waals surface area contributed by atoms with E-state index >= 15 is 0 Å². The predicted molar refractivity (Wildman–Crippen MR) is 122 cm³/mol. The number of hydrogen-bond acceptors (Lipinski definition) is 4. The minimum absolute atomic E-state index is 0.0211. The molecule has 2 aromatic rings. The fraction of sp³-hybridized carbons (Fsp3) is 0.273. The summed E-state index contributed by atoms with van der Waals surface area (Å²) in [7, 11) is 0. The van der Waals surface area contributed by atoms with E-state index in [1.165, 1.54) is 0 Å². The van der Waals surface area contributed by atoms with Crippen molar-refractivity contribution in [2.45, 2.75) is 32.9 Å². The molecule has 0 amide bonds. The van der Waals surface area contributed by atoms with Gasteiger partial charge in [-0.15, -0.1) is 0 Å². The second-order valence-electron chi connectivity index (χ2n) is 6.76. The number of carbonyl (C=O) groups is 1. The Morgan fingerprint density at radius 3 is 2.59 bits per heavy atom. The normalized spacial score (nSPS) is 16.3. The zero-order chi connectivity index (χ0) is 21.0. The maximum absolute atomic E-state index is 13.0. The van der Waals surface area contributed by atoms with E-state index in [1.54, 1.807) is 6.92 Å². The van der Waals surface area contributed by atoms with Gasteiger partial charge in [0.2, 0.25) is 0 Å². The molecule has 1 aliphatic rings. The molecule has 1 unspecified atom stereocenters. The molecule has 0 radical (unpaired) electrons. The van der Waals surface area contributed by atoms with Crippen molar-refractivity contribution in [3.05, 3.63) is 69.7 Å². The van der Waals surface area contributed by atoms with Gasteiger partial charge in [0.05, 0.1) is 30.0 Å². The van der Waals surface area contributed by atoms with Crippen LogP contribution in [0.25, 0.3) is 5.70 Å². The first kappa shape index (κ1) is 21.3.